The van der Waals surface area contributed by atoms with Gasteiger partial charge in [0.25, 0.3) is 0 Å². The monoisotopic (exact) mass is 450 g/mol. The Hall–Kier alpha value is -1.67. The number of hydrogen-bond donors (Lipinski definition) is 1. The van der Waals surface area contributed by atoms with Crippen LogP contribution in [-0.2, 0) is 33.3 Å². The zero-order valence-electron chi connectivity index (χ0n) is 19.5. The third kappa shape index (κ3) is 2.65. The molecule has 0 amide bonds. The van der Waals surface area contributed by atoms with Gasteiger partial charge in [0.1, 0.15) is 6.10 Å². The molecule has 0 aromatic rings. The van der Waals surface area contributed by atoms with Crippen molar-refractivity contribution in [2.45, 2.75) is 91.5 Å². The van der Waals surface area contributed by atoms with Gasteiger partial charge < -0.3 is 24.1 Å². The summed E-state index contributed by atoms with van der Waals surface area (Å²) < 4.78 is 23.3. The highest BCUT2D eigenvalue weighted by Gasteiger charge is 2.80. The lowest BCUT2D eigenvalue weighted by atomic mass is 9.37. The van der Waals surface area contributed by atoms with Crippen molar-refractivity contribution < 1.29 is 38.4 Å². The number of esters is 3. The van der Waals surface area contributed by atoms with Crippen LogP contribution in [-0.4, -0.2) is 47.8 Å². The van der Waals surface area contributed by atoms with Gasteiger partial charge in [0.15, 0.2) is 12.4 Å². The van der Waals surface area contributed by atoms with E-state index in [0.29, 0.717) is 12.8 Å². The second-order valence-corrected chi connectivity index (χ2v) is 11.5. The standard InChI is InChI=1S/C24H34O8/c1-11(25)29-16-17-22(3,4)9-6-10-23(17,5)14-8-7-13-15-20(31-19(13)27)32-21(28)24(14,15)18(16)30-12(2)26/h13-18,20-21,28H,6-10H2,1-5H3. The summed E-state index contributed by atoms with van der Waals surface area (Å²) >= 11 is 0. The minimum Gasteiger partial charge on any atom is -0.458 e. The number of aliphatic hydroxyl groups is 1. The normalized spacial score (nSPS) is 50.5. The quantitative estimate of drug-likeness (QED) is 0.505. The molecule has 1 spiro atoms. The van der Waals surface area contributed by atoms with E-state index < -0.39 is 54.0 Å². The molecule has 8 heteroatoms. The molecule has 0 radical (unpaired) electrons. The first-order valence-electron chi connectivity index (χ1n) is 11.8. The molecule has 10 atom stereocenters. The van der Waals surface area contributed by atoms with Crippen LogP contribution < -0.4 is 0 Å². The van der Waals surface area contributed by atoms with Crippen molar-refractivity contribution in [2.75, 3.05) is 0 Å². The fourth-order valence-electron chi connectivity index (χ4n) is 8.91. The molecule has 8 nitrogen and oxygen atoms in total. The largest absolute Gasteiger partial charge is 0.458 e. The number of rotatable bonds is 2. The summed E-state index contributed by atoms with van der Waals surface area (Å²) in [5.74, 6) is -2.33. The van der Waals surface area contributed by atoms with Gasteiger partial charge >= 0.3 is 17.9 Å². The van der Waals surface area contributed by atoms with Crippen molar-refractivity contribution in [3.8, 4) is 0 Å². The van der Waals surface area contributed by atoms with Gasteiger partial charge in [0.2, 0.25) is 6.29 Å². The lowest BCUT2D eigenvalue weighted by Crippen LogP contribution is -2.73. The highest BCUT2D eigenvalue weighted by molar-refractivity contribution is 5.76. The van der Waals surface area contributed by atoms with Gasteiger partial charge in [-0.25, -0.2) is 0 Å². The maximum absolute atomic E-state index is 12.7. The van der Waals surface area contributed by atoms with Crippen LogP contribution in [0.1, 0.15) is 66.7 Å². The van der Waals surface area contributed by atoms with Gasteiger partial charge in [-0.05, 0) is 42.4 Å². The predicted octanol–water partition coefficient (Wildman–Crippen LogP) is 2.56. The van der Waals surface area contributed by atoms with Crippen LogP contribution in [0.4, 0.5) is 0 Å². The number of hydrogen-bond acceptors (Lipinski definition) is 8. The summed E-state index contributed by atoms with van der Waals surface area (Å²) in [5, 5.41) is 11.4. The van der Waals surface area contributed by atoms with Crippen molar-refractivity contribution in [3.05, 3.63) is 0 Å². The van der Waals surface area contributed by atoms with E-state index in [2.05, 4.69) is 20.8 Å². The smallest absolute Gasteiger partial charge is 0.311 e. The lowest BCUT2D eigenvalue weighted by molar-refractivity contribution is -0.310. The second-order valence-electron chi connectivity index (χ2n) is 11.5. The third-order valence-electron chi connectivity index (χ3n) is 9.50. The Labute approximate surface area is 188 Å². The summed E-state index contributed by atoms with van der Waals surface area (Å²) in [6, 6.07) is 0. The minimum absolute atomic E-state index is 0.0755. The number of fused-ring (bicyclic) bond motifs is 2. The number of ether oxygens (including phenoxy) is 4. The van der Waals surface area contributed by atoms with E-state index >= 15 is 0 Å². The number of carbonyl (C=O) groups excluding carboxylic acids is 3. The molecule has 5 fully saturated rings. The first kappa shape index (κ1) is 22.1. The Balaban J connectivity index is 1.75. The molecule has 0 aromatic carbocycles. The van der Waals surface area contributed by atoms with Gasteiger partial charge in [-0.3, -0.25) is 14.4 Å². The molecule has 10 unspecified atom stereocenters. The number of aliphatic hydroxyl groups excluding tert-OH is 1. The van der Waals surface area contributed by atoms with Crippen molar-refractivity contribution in [1.82, 2.24) is 0 Å². The molecule has 1 N–H and O–H groups in total. The molecule has 5 aliphatic rings. The zero-order chi connectivity index (χ0) is 23.2. The molecule has 2 saturated heterocycles. The Morgan fingerprint density at radius 1 is 1.06 bits per heavy atom. The Morgan fingerprint density at radius 3 is 2.41 bits per heavy atom. The molecular weight excluding hydrogens is 416 g/mol. The summed E-state index contributed by atoms with van der Waals surface area (Å²) in [6.45, 7) is 9.29. The van der Waals surface area contributed by atoms with E-state index in [0.717, 1.165) is 19.3 Å². The lowest BCUT2D eigenvalue weighted by Gasteiger charge is -2.68. The van der Waals surface area contributed by atoms with E-state index in [4.69, 9.17) is 18.9 Å². The summed E-state index contributed by atoms with van der Waals surface area (Å²) in [7, 11) is 0. The van der Waals surface area contributed by atoms with Crippen molar-refractivity contribution in [3.63, 3.8) is 0 Å². The summed E-state index contributed by atoms with van der Waals surface area (Å²) in [5.41, 5.74) is -1.55. The molecule has 0 bridgehead atoms. The Morgan fingerprint density at radius 2 is 1.75 bits per heavy atom. The highest BCUT2D eigenvalue weighted by atomic mass is 16.8. The third-order valence-corrected chi connectivity index (χ3v) is 9.50. The average molecular weight is 451 g/mol. The van der Waals surface area contributed by atoms with E-state index in [-0.39, 0.29) is 28.6 Å². The topological polar surface area (TPSA) is 108 Å². The molecule has 3 aliphatic carbocycles. The van der Waals surface area contributed by atoms with E-state index in [1.54, 1.807) is 0 Å². The summed E-state index contributed by atoms with van der Waals surface area (Å²) in [6.07, 6.45) is 0.385. The molecular formula is C24H34O8. The zero-order valence-corrected chi connectivity index (χ0v) is 19.5. The van der Waals surface area contributed by atoms with Crippen LogP contribution in [0.15, 0.2) is 0 Å². The molecule has 2 aliphatic heterocycles. The fourth-order valence-corrected chi connectivity index (χ4v) is 8.91. The average Bonchev–Trinajstić information content (AvgIpc) is 3.13. The number of carbonyl (C=O) groups is 3. The first-order chi connectivity index (χ1) is 14.9. The van der Waals surface area contributed by atoms with Gasteiger partial charge in [0.05, 0.1) is 11.3 Å². The summed E-state index contributed by atoms with van der Waals surface area (Å²) in [4.78, 5) is 37.3. The van der Waals surface area contributed by atoms with Crippen LogP contribution >= 0.6 is 0 Å². The fraction of sp³-hybridized carbons (Fsp3) is 0.875. The van der Waals surface area contributed by atoms with Crippen LogP contribution in [0.3, 0.4) is 0 Å². The van der Waals surface area contributed by atoms with Gasteiger partial charge in [-0.15, -0.1) is 0 Å². The molecule has 178 valence electrons. The highest BCUT2D eigenvalue weighted by Crippen LogP contribution is 2.74. The maximum atomic E-state index is 12.7. The van der Waals surface area contributed by atoms with E-state index in [1.165, 1.54) is 13.8 Å². The van der Waals surface area contributed by atoms with Crippen LogP contribution in [0, 0.1) is 39.9 Å². The molecule has 2 heterocycles. The van der Waals surface area contributed by atoms with Crippen molar-refractivity contribution in [2.24, 2.45) is 39.9 Å². The maximum Gasteiger partial charge on any atom is 0.311 e. The SMILES string of the molecule is CC(=O)OC1C2C(C)(C)CCCC2(C)C2CCC3C(=O)OC4OC(O)C2(C1OC(C)=O)C43. The molecule has 0 aromatic heterocycles. The Kier molecular flexibility index (Phi) is 4.79. The van der Waals surface area contributed by atoms with E-state index in [9.17, 15) is 19.5 Å². The Bertz CT molecular complexity index is 853. The van der Waals surface area contributed by atoms with Crippen LogP contribution in [0.25, 0.3) is 0 Å². The van der Waals surface area contributed by atoms with Crippen molar-refractivity contribution in [1.29, 1.82) is 0 Å². The molecule has 3 saturated carbocycles. The molecule has 5 rings (SSSR count). The van der Waals surface area contributed by atoms with E-state index in [1.807, 2.05) is 0 Å². The van der Waals surface area contributed by atoms with Gasteiger partial charge in [-0.2, -0.15) is 0 Å². The second kappa shape index (κ2) is 6.92. The van der Waals surface area contributed by atoms with Crippen molar-refractivity contribution >= 4 is 17.9 Å². The van der Waals surface area contributed by atoms with Gasteiger partial charge in [-0.1, -0.05) is 27.2 Å². The predicted molar refractivity (Wildman–Crippen MR) is 109 cm³/mol. The minimum atomic E-state index is -1.29. The van der Waals surface area contributed by atoms with Crippen LogP contribution in [0.5, 0.6) is 0 Å². The molecule has 32 heavy (non-hydrogen) atoms. The van der Waals surface area contributed by atoms with Crippen LogP contribution in [0.2, 0.25) is 0 Å². The van der Waals surface area contributed by atoms with Gasteiger partial charge in [0, 0.05) is 25.7 Å². The first-order valence-corrected chi connectivity index (χ1v) is 11.8.